The van der Waals surface area contributed by atoms with Crippen LogP contribution in [0, 0.1) is 0 Å². The summed E-state index contributed by atoms with van der Waals surface area (Å²) in [4.78, 5) is 22.9. The van der Waals surface area contributed by atoms with Crippen molar-refractivity contribution in [3.63, 3.8) is 0 Å². The van der Waals surface area contributed by atoms with Gasteiger partial charge in [-0.15, -0.1) is 22.7 Å². The quantitative estimate of drug-likeness (QED) is 0.285. The summed E-state index contributed by atoms with van der Waals surface area (Å²) in [5.41, 5.74) is 4.91. The molecule has 0 fully saturated rings. The number of halogens is 1. The third-order valence-corrected chi connectivity index (χ3v) is 7.59. The molecule has 1 amide bonds. The molecule has 0 atom stereocenters. The molecule has 0 saturated heterocycles. The maximum Gasteiger partial charge on any atom is 0.257 e. The minimum atomic E-state index is -0.128. The fourth-order valence-corrected chi connectivity index (χ4v) is 6.11. The summed E-state index contributed by atoms with van der Waals surface area (Å²) >= 11 is 6.71. The van der Waals surface area contributed by atoms with E-state index in [4.69, 9.17) is 9.97 Å². The number of nitrogens with one attached hydrogen (secondary N) is 1. The molecule has 3 heterocycles. The lowest BCUT2D eigenvalue weighted by molar-refractivity contribution is -0.110. The summed E-state index contributed by atoms with van der Waals surface area (Å²) in [7, 11) is 0. The van der Waals surface area contributed by atoms with Gasteiger partial charge in [0.25, 0.3) is 5.91 Å². The highest BCUT2D eigenvalue weighted by molar-refractivity contribution is 9.10. The van der Waals surface area contributed by atoms with E-state index < -0.39 is 0 Å². The molecule has 1 aliphatic rings. The van der Waals surface area contributed by atoms with Crippen molar-refractivity contribution in [3.05, 3.63) is 86.8 Å². The minimum Gasteiger partial charge on any atom is -0.321 e. The van der Waals surface area contributed by atoms with Crippen LogP contribution in [0.4, 0.5) is 5.69 Å². The number of hydrogen-bond donors (Lipinski definition) is 1. The number of anilines is 1. The summed E-state index contributed by atoms with van der Waals surface area (Å²) < 4.78 is 3.09. The first-order chi connectivity index (χ1) is 14.7. The summed E-state index contributed by atoms with van der Waals surface area (Å²) in [5.74, 6) is -0.128. The third-order valence-electron chi connectivity index (χ3n) is 4.99. The van der Waals surface area contributed by atoms with Gasteiger partial charge in [0.2, 0.25) is 0 Å². The number of para-hydroxylation sites is 2. The first-order valence-corrected chi connectivity index (χ1v) is 11.7. The second kappa shape index (κ2) is 6.84. The summed E-state index contributed by atoms with van der Waals surface area (Å²) in [5, 5.41) is 4.60. The average Bonchev–Trinajstić information content (AvgIpc) is 3.44. The fourth-order valence-electron chi connectivity index (χ4n) is 3.65. The molecule has 0 saturated carbocycles. The summed E-state index contributed by atoms with van der Waals surface area (Å²) in [6.45, 7) is 0. The minimum absolute atomic E-state index is 0.128. The SMILES string of the molecule is O=C1Nc2ccc(Br)cc2C1=C(c1nc2ccccc2s1)c1nc2ccccc2s1. The van der Waals surface area contributed by atoms with Crippen molar-refractivity contribution < 1.29 is 4.79 Å². The van der Waals surface area contributed by atoms with Gasteiger partial charge in [-0.3, -0.25) is 4.79 Å². The maximum atomic E-state index is 13.1. The van der Waals surface area contributed by atoms with E-state index in [0.29, 0.717) is 5.57 Å². The van der Waals surface area contributed by atoms with Crippen molar-refractivity contribution in [2.45, 2.75) is 0 Å². The molecule has 2 aromatic heterocycles. The van der Waals surface area contributed by atoms with Gasteiger partial charge in [0.15, 0.2) is 0 Å². The monoisotopic (exact) mass is 489 g/mol. The summed E-state index contributed by atoms with van der Waals surface area (Å²) in [6, 6.07) is 21.9. The van der Waals surface area contributed by atoms with Crippen LogP contribution in [0.5, 0.6) is 0 Å². The zero-order valence-electron chi connectivity index (χ0n) is 15.3. The number of benzene rings is 3. The van der Waals surface area contributed by atoms with Crippen LogP contribution in [0.2, 0.25) is 0 Å². The van der Waals surface area contributed by atoms with Crippen LogP contribution in [0.1, 0.15) is 15.6 Å². The van der Waals surface area contributed by atoms with E-state index in [1.54, 1.807) is 22.7 Å². The van der Waals surface area contributed by atoms with Gasteiger partial charge in [-0.05, 0) is 42.5 Å². The van der Waals surface area contributed by atoms with E-state index in [-0.39, 0.29) is 5.91 Å². The van der Waals surface area contributed by atoms with Crippen molar-refractivity contribution >= 4 is 81.8 Å². The van der Waals surface area contributed by atoms with Crippen LogP contribution in [-0.2, 0) is 4.79 Å². The Morgan fingerprint density at radius 3 is 2.03 bits per heavy atom. The van der Waals surface area contributed by atoms with E-state index in [2.05, 4.69) is 33.4 Å². The van der Waals surface area contributed by atoms with E-state index in [9.17, 15) is 4.79 Å². The molecule has 4 nitrogen and oxygen atoms in total. The van der Waals surface area contributed by atoms with Crippen molar-refractivity contribution in [3.8, 4) is 0 Å². The molecule has 30 heavy (non-hydrogen) atoms. The zero-order chi connectivity index (χ0) is 20.2. The highest BCUT2D eigenvalue weighted by Crippen LogP contribution is 2.44. The number of rotatable bonds is 2. The normalized spacial score (nSPS) is 13.1. The topological polar surface area (TPSA) is 54.9 Å². The predicted octanol–water partition coefficient (Wildman–Crippen LogP) is 6.58. The van der Waals surface area contributed by atoms with Crippen LogP contribution in [0.3, 0.4) is 0 Å². The van der Waals surface area contributed by atoms with Gasteiger partial charge in [-0.25, -0.2) is 9.97 Å². The number of amides is 1. The van der Waals surface area contributed by atoms with Crippen molar-refractivity contribution in [1.82, 2.24) is 9.97 Å². The number of nitrogens with zero attached hydrogens (tertiary/aromatic N) is 2. The number of thiazole rings is 2. The largest absolute Gasteiger partial charge is 0.321 e. The molecule has 3 aromatic carbocycles. The lowest BCUT2D eigenvalue weighted by Crippen LogP contribution is -2.06. The molecule has 0 spiro atoms. The van der Waals surface area contributed by atoms with Crippen LogP contribution < -0.4 is 5.32 Å². The third kappa shape index (κ3) is 2.81. The van der Waals surface area contributed by atoms with Gasteiger partial charge < -0.3 is 5.32 Å². The Morgan fingerprint density at radius 1 is 0.833 bits per heavy atom. The second-order valence-electron chi connectivity index (χ2n) is 6.87. The lowest BCUT2D eigenvalue weighted by atomic mass is 10.0. The first-order valence-electron chi connectivity index (χ1n) is 9.25. The predicted molar refractivity (Wildman–Crippen MR) is 128 cm³/mol. The Kier molecular flexibility index (Phi) is 4.09. The van der Waals surface area contributed by atoms with Gasteiger partial charge in [0, 0.05) is 15.7 Å². The second-order valence-corrected chi connectivity index (χ2v) is 9.84. The van der Waals surface area contributed by atoms with E-state index in [0.717, 1.165) is 51.7 Å². The van der Waals surface area contributed by atoms with Crippen LogP contribution in [-0.4, -0.2) is 15.9 Å². The van der Waals surface area contributed by atoms with Crippen molar-refractivity contribution in [2.75, 3.05) is 5.32 Å². The molecule has 6 rings (SSSR count). The van der Waals surface area contributed by atoms with Crippen LogP contribution in [0.25, 0.3) is 31.6 Å². The van der Waals surface area contributed by atoms with Gasteiger partial charge in [0.1, 0.15) is 10.0 Å². The molecule has 1 aliphatic heterocycles. The van der Waals surface area contributed by atoms with Crippen LogP contribution in [0.15, 0.2) is 71.2 Å². The van der Waals surface area contributed by atoms with Gasteiger partial charge >= 0.3 is 0 Å². The first kappa shape index (κ1) is 17.9. The smallest absolute Gasteiger partial charge is 0.257 e. The highest BCUT2D eigenvalue weighted by Gasteiger charge is 2.31. The van der Waals surface area contributed by atoms with Gasteiger partial charge in [-0.2, -0.15) is 0 Å². The number of fused-ring (bicyclic) bond motifs is 3. The molecular weight excluding hydrogens is 478 g/mol. The highest BCUT2D eigenvalue weighted by atomic mass is 79.9. The summed E-state index contributed by atoms with van der Waals surface area (Å²) in [6.07, 6.45) is 0. The number of hydrogen-bond acceptors (Lipinski definition) is 5. The Morgan fingerprint density at radius 2 is 1.43 bits per heavy atom. The average molecular weight is 490 g/mol. The van der Waals surface area contributed by atoms with E-state index in [1.807, 2.05) is 54.6 Å². The van der Waals surface area contributed by atoms with Crippen molar-refractivity contribution in [2.24, 2.45) is 0 Å². The number of carbonyl (C=O) groups excluding carboxylic acids is 1. The molecule has 1 N–H and O–H groups in total. The molecule has 0 bridgehead atoms. The van der Waals surface area contributed by atoms with Crippen LogP contribution >= 0.6 is 38.6 Å². The maximum absolute atomic E-state index is 13.1. The zero-order valence-corrected chi connectivity index (χ0v) is 18.6. The Bertz CT molecular complexity index is 1370. The number of carbonyl (C=O) groups is 1. The number of aromatic nitrogens is 2. The van der Waals surface area contributed by atoms with Gasteiger partial charge in [0.05, 0.1) is 31.6 Å². The lowest BCUT2D eigenvalue weighted by Gasteiger charge is -2.06. The molecule has 0 unspecified atom stereocenters. The molecular formula is C23H12BrN3OS2. The molecule has 144 valence electrons. The van der Waals surface area contributed by atoms with E-state index >= 15 is 0 Å². The Balaban J connectivity index is 1.70. The molecule has 7 heteroatoms. The van der Waals surface area contributed by atoms with E-state index in [1.165, 1.54) is 0 Å². The Labute approximate surface area is 188 Å². The standard InChI is InChI=1S/C23H12BrN3OS2/c24-12-9-10-14-13(11-12)19(21(28)25-14)20(22-26-15-5-1-3-7-17(15)29-22)23-27-16-6-2-4-8-18(16)30-23/h1-11H,(H,25,28). The molecule has 0 aliphatic carbocycles. The van der Waals surface area contributed by atoms with Gasteiger partial charge in [-0.1, -0.05) is 40.2 Å². The van der Waals surface area contributed by atoms with Crippen molar-refractivity contribution in [1.29, 1.82) is 0 Å². The molecule has 5 aromatic rings. The Hall–Kier alpha value is -2.87. The fraction of sp³-hybridized carbons (Fsp3) is 0. The molecule has 0 radical (unpaired) electrons.